The summed E-state index contributed by atoms with van der Waals surface area (Å²) < 4.78 is 0. The molecule has 3 heteroatoms. The van der Waals surface area contributed by atoms with Crippen LogP contribution in [0.1, 0.15) is 24.8 Å². The summed E-state index contributed by atoms with van der Waals surface area (Å²) in [4.78, 5) is 14.0. The van der Waals surface area contributed by atoms with Crippen LogP contribution in [-0.4, -0.2) is 11.3 Å². The van der Waals surface area contributed by atoms with Crippen molar-refractivity contribution < 1.29 is 4.79 Å². The lowest BCUT2D eigenvalue weighted by Crippen LogP contribution is -1.87. The van der Waals surface area contributed by atoms with Gasteiger partial charge < -0.3 is 4.79 Å². The molecule has 0 saturated heterocycles. The number of unbranched alkanes of at least 4 members (excludes halogenated alkanes) is 2. The summed E-state index contributed by atoms with van der Waals surface area (Å²) in [5.41, 5.74) is 1.18. The second kappa shape index (κ2) is 5.70. The van der Waals surface area contributed by atoms with Gasteiger partial charge in [-0.25, -0.2) is 4.98 Å². The van der Waals surface area contributed by atoms with Crippen LogP contribution < -0.4 is 0 Å². The molecular weight excluding hydrogens is 186 g/mol. The number of aromatic nitrogens is 1. The first-order valence-corrected chi connectivity index (χ1v) is 4.75. The van der Waals surface area contributed by atoms with Crippen LogP contribution >= 0.6 is 11.6 Å². The zero-order valence-electron chi connectivity index (χ0n) is 7.37. The number of hydrogen-bond acceptors (Lipinski definition) is 2. The molecule has 1 rings (SSSR count). The first-order chi connectivity index (χ1) is 6.33. The van der Waals surface area contributed by atoms with E-state index in [9.17, 15) is 4.79 Å². The molecule has 70 valence electrons. The minimum absolute atomic E-state index is 0.525. The van der Waals surface area contributed by atoms with E-state index in [1.54, 1.807) is 12.3 Å². The van der Waals surface area contributed by atoms with E-state index in [2.05, 4.69) is 4.98 Å². The van der Waals surface area contributed by atoms with E-state index in [1.165, 1.54) is 5.56 Å². The number of aryl methyl sites for hydroxylation is 1. The monoisotopic (exact) mass is 197 g/mol. The molecule has 0 aromatic carbocycles. The molecule has 0 N–H and O–H groups in total. The molecule has 0 unspecified atom stereocenters. The van der Waals surface area contributed by atoms with Gasteiger partial charge in [0.05, 0.1) is 0 Å². The molecule has 0 fully saturated rings. The first-order valence-electron chi connectivity index (χ1n) is 4.37. The number of carbonyl (C=O) groups excluding carboxylic acids is 1. The molecule has 0 saturated carbocycles. The number of nitrogens with zero attached hydrogens (tertiary/aromatic N) is 1. The van der Waals surface area contributed by atoms with E-state index < -0.39 is 0 Å². The van der Waals surface area contributed by atoms with Crippen LogP contribution in [0.25, 0.3) is 0 Å². The van der Waals surface area contributed by atoms with Crippen LogP contribution in [0.15, 0.2) is 18.3 Å². The minimum Gasteiger partial charge on any atom is -0.303 e. The normalized spacial score (nSPS) is 9.92. The Bertz CT molecular complexity index is 258. The summed E-state index contributed by atoms with van der Waals surface area (Å²) in [7, 11) is 0. The van der Waals surface area contributed by atoms with E-state index in [0.29, 0.717) is 11.6 Å². The summed E-state index contributed by atoms with van der Waals surface area (Å²) in [6.45, 7) is 0. The van der Waals surface area contributed by atoms with Crippen LogP contribution in [0.2, 0.25) is 5.15 Å². The van der Waals surface area contributed by atoms with Gasteiger partial charge in [0, 0.05) is 12.6 Å². The highest BCUT2D eigenvalue weighted by molar-refractivity contribution is 6.29. The van der Waals surface area contributed by atoms with E-state index in [4.69, 9.17) is 11.6 Å². The van der Waals surface area contributed by atoms with Gasteiger partial charge in [0.1, 0.15) is 11.4 Å². The molecule has 0 aliphatic carbocycles. The maximum atomic E-state index is 10.0. The topological polar surface area (TPSA) is 30.0 Å². The molecule has 1 aromatic rings. The number of carbonyl (C=O) groups is 1. The summed E-state index contributed by atoms with van der Waals surface area (Å²) in [5, 5.41) is 0.525. The minimum atomic E-state index is 0.525. The molecule has 0 radical (unpaired) electrons. The molecule has 1 heterocycles. The lowest BCUT2D eigenvalue weighted by atomic mass is 10.1. The highest BCUT2D eigenvalue weighted by Gasteiger charge is 1.94. The molecule has 13 heavy (non-hydrogen) atoms. The fourth-order valence-corrected chi connectivity index (χ4v) is 1.22. The fraction of sp³-hybridized carbons (Fsp3) is 0.400. The Morgan fingerprint density at radius 3 is 2.85 bits per heavy atom. The third-order valence-electron chi connectivity index (χ3n) is 1.83. The Morgan fingerprint density at radius 2 is 2.23 bits per heavy atom. The Kier molecular flexibility index (Phi) is 4.47. The molecule has 0 spiro atoms. The summed E-state index contributed by atoms with van der Waals surface area (Å²) >= 11 is 5.64. The Balaban J connectivity index is 2.28. The summed E-state index contributed by atoms with van der Waals surface area (Å²) in [6.07, 6.45) is 6.34. The van der Waals surface area contributed by atoms with Crippen LogP contribution in [0.4, 0.5) is 0 Å². The number of aldehydes is 1. The van der Waals surface area contributed by atoms with Crippen LogP contribution in [0, 0.1) is 0 Å². The van der Waals surface area contributed by atoms with Gasteiger partial charge in [0.15, 0.2) is 0 Å². The van der Waals surface area contributed by atoms with E-state index in [1.807, 2.05) is 6.07 Å². The Labute approximate surface area is 82.9 Å². The molecule has 0 aliphatic rings. The number of pyridine rings is 1. The van der Waals surface area contributed by atoms with Crippen molar-refractivity contribution in [2.24, 2.45) is 0 Å². The fourth-order valence-electron chi connectivity index (χ4n) is 1.11. The zero-order valence-corrected chi connectivity index (χ0v) is 8.13. The predicted octanol–water partition coefficient (Wildman–Crippen LogP) is 2.65. The summed E-state index contributed by atoms with van der Waals surface area (Å²) in [5.74, 6) is 0. The quantitative estimate of drug-likeness (QED) is 0.413. The van der Waals surface area contributed by atoms with Crippen LogP contribution in [0.5, 0.6) is 0 Å². The Morgan fingerprint density at radius 1 is 1.38 bits per heavy atom. The molecule has 0 bridgehead atoms. The van der Waals surface area contributed by atoms with Gasteiger partial charge in [-0.3, -0.25) is 0 Å². The lowest BCUT2D eigenvalue weighted by Gasteiger charge is -1.98. The number of hydrogen-bond donors (Lipinski definition) is 0. The van der Waals surface area contributed by atoms with Crippen molar-refractivity contribution >= 4 is 17.9 Å². The number of halogens is 1. The highest BCUT2D eigenvalue weighted by atomic mass is 35.5. The van der Waals surface area contributed by atoms with Crippen molar-refractivity contribution in [3.05, 3.63) is 29.0 Å². The van der Waals surface area contributed by atoms with Crippen molar-refractivity contribution in [3.63, 3.8) is 0 Å². The van der Waals surface area contributed by atoms with Crippen molar-refractivity contribution in [2.45, 2.75) is 25.7 Å². The van der Waals surface area contributed by atoms with Crippen LogP contribution in [-0.2, 0) is 11.2 Å². The van der Waals surface area contributed by atoms with Crippen molar-refractivity contribution in [1.29, 1.82) is 0 Å². The second-order valence-corrected chi connectivity index (χ2v) is 3.29. The van der Waals surface area contributed by atoms with E-state index >= 15 is 0 Å². The molecule has 0 amide bonds. The smallest absolute Gasteiger partial charge is 0.129 e. The third-order valence-corrected chi connectivity index (χ3v) is 2.05. The molecule has 2 nitrogen and oxygen atoms in total. The summed E-state index contributed by atoms with van der Waals surface area (Å²) in [6, 6.07) is 3.76. The van der Waals surface area contributed by atoms with E-state index in [-0.39, 0.29) is 0 Å². The van der Waals surface area contributed by atoms with Crippen LogP contribution in [0.3, 0.4) is 0 Å². The molecule has 1 aromatic heterocycles. The average molecular weight is 198 g/mol. The maximum Gasteiger partial charge on any atom is 0.129 e. The zero-order chi connectivity index (χ0) is 9.52. The SMILES string of the molecule is O=CCCCCc1ccc(Cl)nc1. The largest absolute Gasteiger partial charge is 0.303 e. The Hall–Kier alpha value is -0.890. The van der Waals surface area contributed by atoms with Crippen molar-refractivity contribution in [2.75, 3.05) is 0 Å². The van der Waals surface area contributed by atoms with Crippen molar-refractivity contribution in [1.82, 2.24) is 4.98 Å². The van der Waals surface area contributed by atoms with Gasteiger partial charge in [-0.2, -0.15) is 0 Å². The van der Waals surface area contributed by atoms with Gasteiger partial charge in [-0.15, -0.1) is 0 Å². The predicted molar refractivity (Wildman–Crippen MR) is 52.9 cm³/mol. The maximum absolute atomic E-state index is 10.0. The third kappa shape index (κ3) is 4.04. The van der Waals surface area contributed by atoms with Gasteiger partial charge in [0.2, 0.25) is 0 Å². The second-order valence-electron chi connectivity index (χ2n) is 2.90. The molecule has 0 aliphatic heterocycles. The average Bonchev–Trinajstić information content (AvgIpc) is 2.15. The lowest BCUT2D eigenvalue weighted by molar-refractivity contribution is -0.107. The van der Waals surface area contributed by atoms with Gasteiger partial charge in [-0.1, -0.05) is 17.7 Å². The van der Waals surface area contributed by atoms with Crippen molar-refractivity contribution in [3.8, 4) is 0 Å². The first kappa shape index (κ1) is 10.2. The van der Waals surface area contributed by atoms with E-state index in [0.717, 1.165) is 25.5 Å². The van der Waals surface area contributed by atoms with Gasteiger partial charge in [-0.05, 0) is 30.9 Å². The van der Waals surface area contributed by atoms with Gasteiger partial charge >= 0.3 is 0 Å². The standard InChI is InChI=1S/C10H12ClNO/c11-10-6-5-9(8-12-10)4-2-1-3-7-13/h5-8H,1-4H2. The highest BCUT2D eigenvalue weighted by Crippen LogP contribution is 2.08. The molecule has 0 atom stereocenters. The molecular formula is C10H12ClNO. The number of rotatable bonds is 5. The van der Waals surface area contributed by atoms with Gasteiger partial charge in [0.25, 0.3) is 0 Å².